The molecule has 0 bridgehead atoms. The van der Waals surface area contributed by atoms with Crippen LogP contribution < -0.4 is 18.9 Å². The van der Waals surface area contributed by atoms with Crippen molar-refractivity contribution in [3.8, 4) is 23.4 Å². The highest BCUT2D eigenvalue weighted by Gasteiger charge is 2.53. The largest absolute Gasteiger partial charge is 0.497 e. The van der Waals surface area contributed by atoms with Crippen molar-refractivity contribution < 1.29 is 24.1 Å². The number of aromatic nitrogens is 2. The van der Waals surface area contributed by atoms with Gasteiger partial charge in [-0.05, 0) is 24.8 Å². The van der Waals surface area contributed by atoms with E-state index in [0.29, 0.717) is 23.8 Å². The number of fused-ring (bicyclic) bond motifs is 1. The molecule has 1 aliphatic carbocycles. The van der Waals surface area contributed by atoms with Gasteiger partial charge in [0, 0.05) is 43.4 Å². The Morgan fingerprint density at radius 3 is 2.63 bits per heavy atom. The number of ether oxygens (including phenoxy) is 4. The number of methoxy groups -OCH3 is 4. The van der Waals surface area contributed by atoms with E-state index in [1.165, 1.54) is 7.11 Å². The van der Waals surface area contributed by atoms with Gasteiger partial charge < -0.3 is 24.1 Å². The second-order valence-electron chi connectivity index (χ2n) is 7.98. The highest BCUT2D eigenvalue weighted by Crippen LogP contribution is 2.52. The third-order valence-corrected chi connectivity index (χ3v) is 6.49. The molecule has 2 fully saturated rings. The molecule has 2 heterocycles. The lowest BCUT2D eigenvalue weighted by Gasteiger charge is -2.31. The van der Waals surface area contributed by atoms with Crippen LogP contribution in [0, 0.1) is 11.8 Å². The van der Waals surface area contributed by atoms with E-state index in [-0.39, 0.29) is 11.9 Å². The number of hydrogen-bond donors (Lipinski definition) is 1. The van der Waals surface area contributed by atoms with E-state index >= 15 is 0 Å². The standard InChI is InChI=1S/C22H29N3O5/c1-27-16-6-5-15(19(9-16)28-2)12-25-11-14-7-8-22(26,18(14)13-25)17-10-23-21(30-4)24-20(17)29-3/h5-6,9-10,14,18,26H,7-8,11-13H2,1-4H3/t14-,18+,22+/m0/s1. The molecule has 2 aromatic rings. The first kappa shape index (κ1) is 20.7. The van der Waals surface area contributed by atoms with Gasteiger partial charge in [-0.3, -0.25) is 4.90 Å². The highest BCUT2D eigenvalue weighted by molar-refractivity contribution is 5.41. The first-order chi connectivity index (χ1) is 14.5. The second-order valence-corrected chi connectivity index (χ2v) is 7.98. The quantitative estimate of drug-likeness (QED) is 0.737. The van der Waals surface area contributed by atoms with E-state index in [0.717, 1.165) is 43.1 Å². The van der Waals surface area contributed by atoms with Gasteiger partial charge in [0.2, 0.25) is 5.88 Å². The first-order valence-electron chi connectivity index (χ1n) is 10.1. The molecule has 1 aromatic heterocycles. The maximum Gasteiger partial charge on any atom is 0.319 e. The van der Waals surface area contributed by atoms with Crippen LogP contribution in [0.25, 0.3) is 0 Å². The minimum atomic E-state index is -1.01. The van der Waals surface area contributed by atoms with E-state index in [1.54, 1.807) is 27.5 Å². The third kappa shape index (κ3) is 3.54. The lowest BCUT2D eigenvalue weighted by atomic mass is 9.83. The molecule has 162 valence electrons. The van der Waals surface area contributed by atoms with Crippen LogP contribution in [-0.4, -0.2) is 61.5 Å². The number of benzene rings is 1. The molecule has 0 spiro atoms. The number of aliphatic hydroxyl groups is 1. The average molecular weight is 415 g/mol. The van der Waals surface area contributed by atoms with Crippen LogP contribution >= 0.6 is 0 Å². The van der Waals surface area contributed by atoms with Gasteiger partial charge in [0.05, 0.1) is 34.0 Å². The van der Waals surface area contributed by atoms with Crippen molar-refractivity contribution in [2.24, 2.45) is 11.8 Å². The molecule has 8 heteroatoms. The van der Waals surface area contributed by atoms with Gasteiger partial charge >= 0.3 is 6.01 Å². The molecule has 0 radical (unpaired) electrons. The Hall–Kier alpha value is -2.58. The molecular formula is C22H29N3O5. The molecule has 1 aromatic carbocycles. The van der Waals surface area contributed by atoms with Gasteiger partial charge in [-0.15, -0.1) is 0 Å². The minimum absolute atomic E-state index is 0.0904. The maximum absolute atomic E-state index is 11.7. The predicted octanol–water partition coefficient (Wildman–Crippen LogP) is 2.24. The van der Waals surface area contributed by atoms with Crippen LogP contribution in [0.3, 0.4) is 0 Å². The smallest absolute Gasteiger partial charge is 0.319 e. The zero-order valence-electron chi connectivity index (χ0n) is 17.9. The summed E-state index contributed by atoms with van der Waals surface area (Å²) in [7, 11) is 6.38. The van der Waals surface area contributed by atoms with Crippen LogP contribution in [0.1, 0.15) is 24.0 Å². The molecule has 1 saturated heterocycles. The van der Waals surface area contributed by atoms with E-state index < -0.39 is 5.60 Å². The van der Waals surface area contributed by atoms with Gasteiger partial charge in [-0.2, -0.15) is 4.98 Å². The zero-order chi connectivity index (χ0) is 21.3. The molecule has 0 unspecified atom stereocenters. The summed E-state index contributed by atoms with van der Waals surface area (Å²) in [6.45, 7) is 2.47. The van der Waals surface area contributed by atoms with Crippen molar-refractivity contribution >= 4 is 0 Å². The van der Waals surface area contributed by atoms with Crippen molar-refractivity contribution in [2.75, 3.05) is 41.5 Å². The van der Waals surface area contributed by atoms with E-state index in [4.69, 9.17) is 18.9 Å². The van der Waals surface area contributed by atoms with Crippen LogP contribution in [0.2, 0.25) is 0 Å². The summed E-state index contributed by atoms with van der Waals surface area (Å²) in [5, 5.41) is 11.7. The van der Waals surface area contributed by atoms with E-state index in [1.807, 2.05) is 18.2 Å². The minimum Gasteiger partial charge on any atom is -0.497 e. The summed E-state index contributed by atoms with van der Waals surface area (Å²) in [6, 6.07) is 6.12. The lowest BCUT2D eigenvalue weighted by Crippen LogP contribution is -2.35. The van der Waals surface area contributed by atoms with Crippen LogP contribution in [0.15, 0.2) is 24.4 Å². The summed E-state index contributed by atoms with van der Waals surface area (Å²) in [5.74, 6) is 2.46. The number of hydrogen-bond acceptors (Lipinski definition) is 8. The summed E-state index contributed by atoms with van der Waals surface area (Å²) in [6.07, 6.45) is 3.27. The summed E-state index contributed by atoms with van der Waals surface area (Å²) in [5.41, 5.74) is 0.732. The topological polar surface area (TPSA) is 86.2 Å². The first-order valence-corrected chi connectivity index (χ1v) is 10.1. The number of nitrogens with zero attached hydrogens (tertiary/aromatic N) is 3. The summed E-state index contributed by atoms with van der Waals surface area (Å²) >= 11 is 0. The third-order valence-electron chi connectivity index (χ3n) is 6.49. The van der Waals surface area contributed by atoms with Gasteiger partial charge in [0.1, 0.15) is 17.1 Å². The molecule has 0 amide bonds. The van der Waals surface area contributed by atoms with Gasteiger partial charge in [0.25, 0.3) is 0 Å². The van der Waals surface area contributed by atoms with Crippen LogP contribution in [0.4, 0.5) is 0 Å². The zero-order valence-corrected chi connectivity index (χ0v) is 17.9. The fraction of sp³-hybridized carbons (Fsp3) is 0.545. The van der Waals surface area contributed by atoms with E-state index in [9.17, 15) is 5.11 Å². The number of rotatable bonds is 7. The predicted molar refractivity (Wildman–Crippen MR) is 110 cm³/mol. The van der Waals surface area contributed by atoms with Gasteiger partial charge in [0.15, 0.2) is 0 Å². The molecule has 3 atom stereocenters. The van der Waals surface area contributed by atoms with E-state index in [2.05, 4.69) is 14.9 Å². The van der Waals surface area contributed by atoms with Gasteiger partial charge in [-0.25, -0.2) is 4.98 Å². The Kier molecular flexibility index (Phi) is 5.71. The van der Waals surface area contributed by atoms with Crippen molar-refractivity contribution in [1.29, 1.82) is 0 Å². The molecule has 2 aliphatic rings. The fourth-order valence-corrected chi connectivity index (χ4v) is 4.97. The van der Waals surface area contributed by atoms with Crippen LogP contribution in [0.5, 0.6) is 23.4 Å². The SMILES string of the molecule is COc1ccc(CN2C[C@@H]3CC[C@@](O)(c4cnc(OC)nc4OC)[C@@H]3C2)c(OC)c1. The Labute approximate surface area is 176 Å². The Morgan fingerprint density at radius 2 is 1.93 bits per heavy atom. The Bertz CT molecular complexity index is 908. The van der Waals surface area contributed by atoms with Crippen molar-refractivity contribution in [3.05, 3.63) is 35.5 Å². The maximum atomic E-state index is 11.7. The molecule has 8 nitrogen and oxygen atoms in total. The molecular weight excluding hydrogens is 386 g/mol. The number of likely N-dealkylation sites (tertiary alicyclic amines) is 1. The molecule has 1 aliphatic heterocycles. The molecule has 1 N–H and O–H groups in total. The highest BCUT2D eigenvalue weighted by atomic mass is 16.5. The molecule has 30 heavy (non-hydrogen) atoms. The van der Waals surface area contributed by atoms with Crippen molar-refractivity contribution in [1.82, 2.24) is 14.9 Å². The average Bonchev–Trinajstić information content (AvgIpc) is 3.33. The molecule has 4 rings (SSSR count). The second kappa shape index (κ2) is 8.28. The van der Waals surface area contributed by atoms with Crippen molar-refractivity contribution in [2.45, 2.75) is 25.0 Å². The lowest BCUT2D eigenvalue weighted by molar-refractivity contribution is -0.00973. The van der Waals surface area contributed by atoms with Crippen LogP contribution in [-0.2, 0) is 12.1 Å². The van der Waals surface area contributed by atoms with Crippen molar-refractivity contribution in [3.63, 3.8) is 0 Å². The Balaban J connectivity index is 1.55. The fourth-order valence-electron chi connectivity index (χ4n) is 4.97. The normalized spacial score (nSPS) is 25.8. The Morgan fingerprint density at radius 1 is 1.10 bits per heavy atom. The van der Waals surface area contributed by atoms with Gasteiger partial charge in [-0.1, -0.05) is 6.07 Å². The monoisotopic (exact) mass is 415 g/mol. The molecule has 1 saturated carbocycles. The summed E-state index contributed by atoms with van der Waals surface area (Å²) < 4.78 is 21.4. The summed E-state index contributed by atoms with van der Waals surface area (Å²) in [4.78, 5) is 10.9.